The molecule has 0 amide bonds. The molecule has 216 valence electrons. The molecule has 0 bridgehead atoms. The predicted octanol–water partition coefficient (Wildman–Crippen LogP) is 9.04. The average Bonchev–Trinajstić information content (AvgIpc) is 3.69. The summed E-state index contributed by atoms with van der Waals surface area (Å²) >= 11 is 5.98. The van der Waals surface area contributed by atoms with E-state index < -0.39 is 48.3 Å². The third kappa shape index (κ3) is 6.51. The van der Waals surface area contributed by atoms with Crippen molar-refractivity contribution in [1.82, 2.24) is 0 Å². The van der Waals surface area contributed by atoms with Crippen LogP contribution in [0.15, 0.2) is 72.9 Å². The fourth-order valence-corrected chi connectivity index (χ4v) is 15.0. The molecule has 4 rings (SSSR count). The van der Waals surface area contributed by atoms with Crippen molar-refractivity contribution in [1.29, 1.82) is 0 Å². The molecule has 0 heterocycles. The Kier molecular flexibility index (Phi) is 10.9. The number of unbranched alkanes of at least 4 members (excludes halogenated alkanes) is 2. The molecule has 41 heavy (non-hydrogen) atoms. The fourth-order valence-electron chi connectivity index (χ4n) is 5.64. The third-order valence-corrected chi connectivity index (χ3v) is 16.7. The Bertz CT molecular complexity index is 1300. The number of hydrogen-bond donors (Lipinski definition) is 2. The Labute approximate surface area is 254 Å². The first-order chi connectivity index (χ1) is 19.7. The van der Waals surface area contributed by atoms with Gasteiger partial charge in [0.05, 0.1) is 0 Å². The van der Waals surface area contributed by atoms with E-state index in [1.54, 1.807) is 48.6 Å². The van der Waals surface area contributed by atoms with Crippen LogP contribution in [0.4, 0.5) is 28.9 Å². The van der Waals surface area contributed by atoms with Crippen molar-refractivity contribution in [2.24, 2.45) is 0 Å². The molecule has 0 saturated carbocycles. The summed E-state index contributed by atoms with van der Waals surface area (Å²) in [5.74, 6) is -3.38. The molecule has 2 aromatic carbocycles. The minimum atomic E-state index is -4.87. The molecule has 0 atom stereocenters. The van der Waals surface area contributed by atoms with Gasteiger partial charge in [0, 0.05) is 0 Å². The van der Waals surface area contributed by atoms with Crippen molar-refractivity contribution < 1.29 is 34.2 Å². The van der Waals surface area contributed by atoms with Gasteiger partial charge in [-0.05, 0) is 0 Å². The quantitative estimate of drug-likeness (QED) is 0.138. The molecule has 0 saturated heterocycles. The van der Waals surface area contributed by atoms with Crippen LogP contribution in [0, 0.1) is 23.3 Å². The van der Waals surface area contributed by atoms with Gasteiger partial charge in [0.2, 0.25) is 0 Å². The van der Waals surface area contributed by atoms with Gasteiger partial charge in [0.25, 0.3) is 0 Å². The van der Waals surface area contributed by atoms with Gasteiger partial charge >= 0.3 is 255 Å². The molecule has 0 aromatic heterocycles. The molecule has 2 N–H and O–H groups in total. The molecule has 0 radical (unpaired) electrons. The number of benzene rings is 2. The molecule has 0 spiro atoms. The molecule has 2 aromatic rings. The first kappa shape index (κ1) is 31.5. The van der Waals surface area contributed by atoms with E-state index in [-0.39, 0.29) is 19.1 Å². The minimum absolute atomic E-state index is 0.00487. The van der Waals surface area contributed by atoms with Crippen LogP contribution >= 0.6 is 24.4 Å². The van der Waals surface area contributed by atoms with Gasteiger partial charge in [-0.25, -0.2) is 0 Å². The zero-order valence-corrected chi connectivity index (χ0v) is 26.3. The average molecular weight is 635 g/mol. The van der Waals surface area contributed by atoms with Gasteiger partial charge < -0.3 is 0 Å². The van der Waals surface area contributed by atoms with Crippen molar-refractivity contribution in [3.05, 3.63) is 96.1 Å². The van der Waals surface area contributed by atoms with E-state index >= 15 is 17.6 Å². The Morgan fingerprint density at radius 1 is 0.659 bits per heavy atom. The molecule has 9 heteroatoms. The number of hydrogen-bond acceptors (Lipinski definition) is 2. The van der Waals surface area contributed by atoms with Crippen LogP contribution < -0.4 is 18.4 Å². The van der Waals surface area contributed by atoms with Crippen molar-refractivity contribution in [3.63, 3.8) is 0 Å². The number of halogens is 4. The Morgan fingerprint density at radius 2 is 1.02 bits per heavy atom. The number of rotatable bonds is 12. The van der Waals surface area contributed by atoms with Crippen LogP contribution in [0.3, 0.4) is 0 Å². The molecule has 0 aliphatic heterocycles. The van der Waals surface area contributed by atoms with E-state index in [2.05, 4.69) is 10.6 Å². The van der Waals surface area contributed by atoms with Crippen LogP contribution in [0.25, 0.3) is 0 Å². The Morgan fingerprint density at radius 3 is 1.37 bits per heavy atom. The number of anilines is 2. The zero-order valence-electron chi connectivity index (χ0n) is 23.2. The second-order valence-electron chi connectivity index (χ2n) is 10.3. The molecule has 0 fully saturated rings. The van der Waals surface area contributed by atoms with E-state index in [0.29, 0.717) is 22.8 Å². The van der Waals surface area contributed by atoms with Crippen molar-refractivity contribution in [2.75, 3.05) is 10.6 Å². The van der Waals surface area contributed by atoms with Gasteiger partial charge in [-0.2, -0.15) is 0 Å². The number of nitrogens with one attached hydrogen (secondary N) is 2. The van der Waals surface area contributed by atoms with Crippen LogP contribution in [0.5, 0.6) is 0 Å². The second kappa shape index (κ2) is 14.2. The fraction of sp³-hybridized carbons (Fsp3) is 0.312. The maximum atomic E-state index is 16.7. The number of thiocarbonyl (C=S) groups is 2. The first-order valence-electron chi connectivity index (χ1n) is 14.0. The van der Waals surface area contributed by atoms with Gasteiger partial charge in [0.1, 0.15) is 0 Å². The van der Waals surface area contributed by atoms with Crippen LogP contribution in [-0.2, 0) is 16.6 Å². The third-order valence-electron chi connectivity index (χ3n) is 7.62. The van der Waals surface area contributed by atoms with Gasteiger partial charge in [0.15, 0.2) is 0 Å². The zero-order chi connectivity index (χ0) is 29.6. The van der Waals surface area contributed by atoms with Gasteiger partial charge in [-0.15, -0.1) is 0 Å². The standard InChI is InChI=1S/2C11H12F2NS.2C5H5.Ti/c2*1-2-3-4-11(15)14-10-6-5-8(12)7-9(10)13;2*1-2-4-5-3-1;/h2*5-6H,2-4H2,1H3,(H,14,15);2*1-5H;. The summed E-state index contributed by atoms with van der Waals surface area (Å²) in [6.07, 6.45) is 18.8. The summed E-state index contributed by atoms with van der Waals surface area (Å²) in [5.41, 5.74) is 0.00973. The van der Waals surface area contributed by atoms with E-state index in [4.69, 9.17) is 24.4 Å². The normalized spacial score (nSPS) is 14.8. The predicted molar refractivity (Wildman–Crippen MR) is 168 cm³/mol. The van der Waals surface area contributed by atoms with Crippen molar-refractivity contribution >= 4 is 53.5 Å². The summed E-state index contributed by atoms with van der Waals surface area (Å²) in [4.78, 5) is 0.846. The first-order valence-corrected chi connectivity index (χ1v) is 18.2. The van der Waals surface area contributed by atoms with E-state index in [9.17, 15) is 0 Å². The maximum absolute atomic E-state index is 16.7. The van der Waals surface area contributed by atoms with E-state index in [1.807, 2.05) is 13.8 Å². The van der Waals surface area contributed by atoms with Gasteiger partial charge in [-0.3, -0.25) is 0 Å². The SMILES string of the molecule is CCCCC(=S)Nc1ccc(F)[c]([Ti]([c]2c(F)ccc(NC(=S)CCCC)c2F)([CH]2C=CC=C2)[CH]2C=CC=C2)c1F. The Balaban J connectivity index is 2.00. The van der Waals surface area contributed by atoms with Crippen molar-refractivity contribution in [3.8, 4) is 0 Å². The molecular formula is C32H34F4N2S2Ti. The second-order valence-corrected chi connectivity index (χ2v) is 17.7. The Hall–Kier alpha value is -2.39. The molecule has 0 unspecified atom stereocenters. The van der Waals surface area contributed by atoms with Crippen LogP contribution in [0.1, 0.15) is 52.4 Å². The molecule has 2 aliphatic rings. The van der Waals surface area contributed by atoms with Crippen LogP contribution in [-0.4, -0.2) is 9.98 Å². The summed E-state index contributed by atoms with van der Waals surface area (Å²) < 4.78 is 64.0. The summed E-state index contributed by atoms with van der Waals surface area (Å²) in [6.45, 7) is 4.05. The van der Waals surface area contributed by atoms with E-state index in [1.165, 1.54) is 24.3 Å². The van der Waals surface area contributed by atoms with E-state index in [0.717, 1.165) is 25.7 Å². The summed E-state index contributed by atoms with van der Waals surface area (Å²) in [7, 11) is 0. The molecule has 2 nitrogen and oxygen atoms in total. The summed E-state index contributed by atoms with van der Waals surface area (Å²) in [5, 5.41) is 5.87. The summed E-state index contributed by atoms with van der Waals surface area (Å²) in [6, 6.07) is 4.95. The monoisotopic (exact) mass is 634 g/mol. The van der Waals surface area contributed by atoms with Gasteiger partial charge in [-0.1, -0.05) is 0 Å². The molecular weight excluding hydrogens is 600 g/mol. The topological polar surface area (TPSA) is 24.1 Å². The molecule has 2 aliphatic carbocycles. The van der Waals surface area contributed by atoms with Crippen LogP contribution in [0.2, 0.25) is 8.45 Å². The number of allylic oxidation sites excluding steroid dienone is 8. The van der Waals surface area contributed by atoms with Crippen molar-refractivity contribution in [2.45, 2.75) is 60.8 Å².